The number of aryl methyl sites for hydroxylation is 2. The van der Waals surface area contributed by atoms with E-state index in [2.05, 4.69) is 50.2 Å². The summed E-state index contributed by atoms with van der Waals surface area (Å²) in [6.45, 7) is 5.85. The van der Waals surface area contributed by atoms with Crippen molar-refractivity contribution in [2.45, 2.75) is 51.7 Å². The van der Waals surface area contributed by atoms with Crippen LogP contribution in [0.1, 0.15) is 43.5 Å². The molecule has 2 aromatic heterocycles. The van der Waals surface area contributed by atoms with E-state index >= 15 is 0 Å². The molecule has 0 fully saturated rings. The smallest absolute Gasteiger partial charge is 0.191 e. The normalized spacial score (nSPS) is 17.2. The minimum atomic E-state index is 0. The number of guanidine groups is 1. The molecule has 3 rings (SSSR count). The molecule has 7 nitrogen and oxygen atoms in total. The van der Waals surface area contributed by atoms with Crippen molar-refractivity contribution in [1.82, 2.24) is 30.0 Å². The standard InChI is InChI=1S/C17H27N7.HI/c1-12(2)16-21-15-8-7-13(11-24(15)22-16)20-17(18-3)19-10-14-6-5-9-23(14)4;/h5-6,9,12-13H,7-8,10-11H2,1-4H3,(H2,18,19,20);1H. The summed E-state index contributed by atoms with van der Waals surface area (Å²) in [5.41, 5.74) is 1.22. The van der Waals surface area contributed by atoms with Crippen molar-refractivity contribution >= 4 is 29.9 Å². The predicted molar refractivity (Wildman–Crippen MR) is 110 cm³/mol. The molecular weight excluding hydrogens is 429 g/mol. The molecule has 1 unspecified atom stereocenters. The van der Waals surface area contributed by atoms with Gasteiger partial charge in [-0.05, 0) is 18.6 Å². The Morgan fingerprint density at radius 3 is 2.88 bits per heavy atom. The highest BCUT2D eigenvalue weighted by Crippen LogP contribution is 2.16. The molecule has 2 aromatic rings. The molecule has 0 aromatic carbocycles. The van der Waals surface area contributed by atoms with E-state index in [1.54, 1.807) is 7.05 Å². The zero-order chi connectivity index (χ0) is 17.1. The number of fused-ring (bicyclic) bond motifs is 1. The highest BCUT2D eigenvalue weighted by molar-refractivity contribution is 14.0. The first-order valence-electron chi connectivity index (χ1n) is 8.58. The number of hydrogen-bond acceptors (Lipinski definition) is 3. The van der Waals surface area contributed by atoms with Crippen molar-refractivity contribution in [1.29, 1.82) is 0 Å². The SMILES string of the molecule is CN=C(NCc1cccn1C)NC1CCc2nc(C(C)C)nn2C1.I. The fourth-order valence-electron chi connectivity index (χ4n) is 2.93. The van der Waals surface area contributed by atoms with Gasteiger partial charge in [0.15, 0.2) is 11.8 Å². The number of nitrogens with zero attached hydrogens (tertiary/aromatic N) is 5. The van der Waals surface area contributed by atoms with Gasteiger partial charge in [0, 0.05) is 44.4 Å². The monoisotopic (exact) mass is 457 g/mol. The Kier molecular flexibility index (Phi) is 6.86. The summed E-state index contributed by atoms with van der Waals surface area (Å²) < 4.78 is 4.15. The lowest BCUT2D eigenvalue weighted by atomic mass is 10.1. The summed E-state index contributed by atoms with van der Waals surface area (Å²) >= 11 is 0. The van der Waals surface area contributed by atoms with Gasteiger partial charge in [-0.3, -0.25) is 4.99 Å². The summed E-state index contributed by atoms with van der Waals surface area (Å²) in [5.74, 6) is 3.24. The Morgan fingerprint density at radius 1 is 1.44 bits per heavy atom. The van der Waals surface area contributed by atoms with Crippen LogP contribution in [0, 0.1) is 0 Å². The van der Waals surface area contributed by atoms with Crippen LogP contribution in [-0.4, -0.2) is 38.4 Å². The maximum atomic E-state index is 4.64. The number of halogens is 1. The van der Waals surface area contributed by atoms with Gasteiger partial charge in [0.2, 0.25) is 0 Å². The average molecular weight is 457 g/mol. The quantitative estimate of drug-likeness (QED) is 0.419. The van der Waals surface area contributed by atoms with Crippen LogP contribution in [0.5, 0.6) is 0 Å². The van der Waals surface area contributed by atoms with Crippen molar-refractivity contribution in [3.05, 3.63) is 35.7 Å². The number of nitrogens with one attached hydrogen (secondary N) is 2. The van der Waals surface area contributed by atoms with Crippen LogP contribution < -0.4 is 10.6 Å². The van der Waals surface area contributed by atoms with E-state index in [1.165, 1.54) is 5.69 Å². The lowest BCUT2D eigenvalue weighted by Gasteiger charge is -2.25. The van der Waals surface area contributed by atoms with Gasteiger partial charge >= 0.3 is 0 Å². The lowest BCUT2D eigenvalue weighted by Crippen LogP contribution is -2.47. The molecule has 0 aliphatic carbocycles. The second-order valence-corrected chi connectivity index (χ2v) is 6.64. The van der Waals surface area contributed by atoms with Crippen molar-refractivity contribution in [2.24, 2.45) is 12.0 Å². The molecule has 0 amide bonds. The Balaban J connectivity index is 0.00000225. The van der Waals surface area contributed by atoms with Crippen LogP contribution in [0.4, 0.5) is 0 Å². The fourth-order valence-corrected chi connectivity index (χ4v) is 2.93. The maximum absolute atomic E-state index is 4.64. The summed E-state index contributed by atoms with van der Waals surface area (Å²) in [6, 6.07) is 4.47. The molecular formula is C17H28IN7. The third-order valence-corrected chi connectivity index (χ3v) is 4.44. The minimum absolute atomic E-state index is 0. The van der Waals surface area contributed by atoms with Gasteiger partial charge < -0.3 is 15.2 Å². The predicted octanol–water partition coefficient (Wildman–Crippen LogP) is 2.04. The van der Waals surface area contributed by atoms with Crippen molar-refractivity contribution < 1.29 is 0 Å². The average Bonchev–Trinajstić information content (AvgIpc) is 3.17. The topological polar surface area (TPSA) is 72.1 Å². The van der Waals surface area contributed by atoms with Crippen molar-refractivity contribution in [2.75, 3.05) is 7.05 Å². The number of rotatable bonds is 4. The number of aliphatic imine (C=N–C) groups is 1. The molecule has 2 N–H and O–H groups in total. The molecule has 3 heterocycles. The first-order chi connectivity index (χ1) is 11.6. The van der Waals surface area contributed by atoms with E-state index < -0.39 is 0 Å². The number of hydrogen-bond donors (Lipinski definition) is 2. The first-order valence-corrected chi connectivity index (χ1v) is 8.58. The third kappa shape index (κ3) is 4.74. The van der Waals surface area contributed by atoms with Gasteiger partial charge in [0.1, 0.15) is 5.82 Å². The summed E-state index contributed by atoms with van der Waals surface area (Å²) in [6.07, 6.45) is 4.04. The Hall–Kier alpha value is -1.58. The molecule has 0 radical (unpaired) electrons. The Labute approximate surface area is 166 Å². The van der Waals surface area contributed by atoms with Gasteiger partial charge in [-0.2, -0.15) is 5.10 Å². The molecule has 0 spiro atoms. The van der Waals surface area contributed by atoms with Crippen LogP contribution in [0.2, 0.25) is 0 Å². The molecule has 1 aliphatic rings. The van der Waals surface area contributed by atoms with Crippen LogP contribution in [0.25, 0.3) is 0 Å². The van der Waals surface area contributed by atoms with E-state index in [4.69, 9.17) is 0 Å². The highest BCUT2D eigenvalue weighted by atomic mass is 127. The molecule has 1 aliphatic heterocycles. The first kappa shape index (κ1) is 19.7. The maximum Gasteiger partial charge on any atom is 0.191 e. The summed E-state index contributed by atoms with van der Waals surface area (Å²) in [5, 5.41) is 11.5. The zero-order valence-corrected chi connectivity index (χ0v) is 17.7. The van der Waals surface area contributed by atoms with Crippen LogP contribution >= 0.6 is 24.0 Å². The molecule has 0 saturated heterocycles. The van der Waals surface area contributed by atoms with Gasteiger partial charge in [-0.1, -0.05) is 13.8 Å². The second kappa shape index (κ2) is 8.68. The summed E-state index contributed by atoms with van der Waals surface area (Å²) in [4.78, 5) is 8.98. The van der Waals surface area contributed by atoms with E-state index in [9.17, 15) is 0 Å². The second-order valence-electron chi connectivity index (χ2n) is 6.64. The zero-order valence-electron chi connectivity index (χ0n) is 15.4. The number of aromatic nitrogens is 4. The van der Waals surface area contributed by atoms with Gasteiger partial charge in [0.25, 0.3) is 0 Å². The fraction of sp³-hybridized carbons (Fsp3) is 0.588. The van der Waals surface area contributed by atoms with Crippen LogP contribution in [-0.2, 0) is 26.6 Å². The van der Waals surface area contributed by atoms with E-state index in [1.807, 2.05) is 24.0 Å². The van der Waals surface area contributed by atoms with Crippen molar-refractivity contribution in [3.8, 4) is 0 Å². The van der Waals surface area contributed by atoms with Gasteiger partial charge in [-0.15, -0.1) is 24.0 Å². The van der Waals surface area contributed by atoms with Crippen LogP contribution in [0.3, 0.4) is 0 Å². The van der Waals surface area contributed by atoms with E-state index in [-0.39, 0.29) is 24.0 Å². The van der Waals surface area contributed by atoms with Gasteiger partial charge in [-0.25, -0.2) is 9.67 Å². The Bertz CT molecular complexity index is 716. The largest absolute Gasteiger partial charge is 0.353 e. The lowest BCUT2D eigenvalue weighted by molar-refractivity contribution is 0.391. The van der Waals surface area contributed by atoms with E-state index in [0.29, 0.717) is 12.0 Å². The molecule has 138 valence electrons. The minimum Gasteiger partial charge on any atom is -0.353 e. The van der Waals surface area contributed by atoms with Gasteiger partial charge in [0.05, 0.1) is 13.1 Å². The molecule has 0 bridgehead atoms. The molecule has 1 atom stereocenters. The van der Waals surface area contributed by atoms with Crippen LogP contribution in [0.15, 0.2) is 23.3 Å². The Morgan fingerprint density at radius 2 is 2.24 bits per heavy atom. The molecule has 25 heavy (non-hydrogen) atoms. The van der Waals surface area contributed by atoms with E-state index in [0.717, 1.165) is 43.5 Å². The third-order valence-electron chi connectivity index (χ3n) is 4.44. The highest BCUT2D eigenvalue weighted by Gasteiger charge is 2.23. The molecule has 8 heteroatoms. The summed E-state index contributed by atoms with van der Waals surface area (Å²) in [7, 11) is 3.85. The van der Waals surface area contributed by atoms with Crippen molar-refractivity contribution in [3.63, 3.8) is 0 Å². The molecule has 0 saturated carbocycles.